The van der Waals surface area contributed by atoms with E-state index in [9.17, 15) is 9.59 Å². The highest BCUT2D eigenvalue weighted by Crippen LogP contribution is 2.22. The standard InChI is InChI=1S/C11H18O5/c1-7-4-5-10(16-9(3)13)11(15-7)6-14-8(2)12/h7,10-11H,4-6H2,1-3H3. The summed E-state index contributed by atoms with van der Waals surface area (Å²) in [6.45, 7) is 4.79. The van der Waals surface area contributed by atoms with E-state index in [1.165, 1.54) is 13.8 Å². The van der Waals surface area contributed by atoms with E-state index in [0.29, 0.717) is 0 Å². The van der Waals surface area contributed by atoms with Gasteiger partial charge in [0.05, 0.1) is 6.10 Å². The lowest BCUT2D eigenvalue weighted by Crippen LogP contribution is -2.43. The smallest absolute Gasteiger partial charge is 0.302 e. The summed E-state index contributed by atoms with van der Waals surface area (Å²) in [5.41, 5.74) is 0. The van der Waals surface area contributed by atoms with E-state index in [-0.39, 0.29) is 36.9 Å². The van der Waals surface area contributed by atoms with Crippen molar-refractivity contribution in [3.63, 3.8) is 0 Å². The molecule has 0 N–H and O–H groups in total. The Morgan fingerprint density at radius 1 is 1.25 bits per heavy atom. The number of esters is 2. The first-order valence-electron chi connectivity index (χ1n) is 5.45. The summed E-state index contributed by atoms with van der Waals surface area (Å²) in [6, 6.07) is 0. The van der Waals surface area contributed by atoms with Gasteiger partial charge >= 0.3 is 11.9 Å². The van der Waals surface area contributed by atoms with Gasteiger partial charge in [-0.05, 0) is 19.8 Å². The monoisotopic (exact) mass is 230 g/mol. The minimum absolute atomic E-state index is 0.104. The zero-order valence-corrected chi connectivity index (χ0v) is 9.89. The van der Waals surface area contributed by atoms with E-state index >= 15 is 0 Å². The molecule has 0 bridgehead atoms. The third kappa shape index (κ3) is 4.18. The van der Waals surface area contributed by atoms with Crippen molar-refractivity contribution in [2.75, 3.05) is 6.61 Å². The molecule has 3 unspecified atom stereocenters. The van der Waals surface area contributed by atoms with Crippen LogP contribution in [0.5, 0.6) is 0 Å². The van der Waals surface area contributed by atoms with Gasteiger partial charge < -0.3 is 14.2 Å². The third-order valence-corrected chi connectivity index (χ3v) is 2.45. The number of rotatable bonds is 3. The number of ether oxygens (including phenoxy) is 3. The molecule has 1 aliphatic heterocycles. The van der Waals surface area contributed by atoms with Crippen molar-refractivity contribution >= 4 is 11.9 Å². The predicted octanol–water partition coefficient (Wildman–Crippen LogP) is 1.05. The molecule has 0 aromatic carbocycles. The number of carbonyl (C=O) groups excluding carboxylic acids is 2. The van der Waals surface area contributed by atoms with Gasteiger partial charge in [-0.25, -0.2) is 0 Å². The molecule has 1 saturated heterocycles. The molecule has 0 amide bonds. The van der Waals surface area contributed by atoms with Crippen LogP contribution >= 0.6 is 0 Å². The molecular formula is C11H18O5. The lowest BCUT2D eigenvalue weighted by Gasteiger charge is -2.34. The first-order chi connectivity index (χ1) is 7.49. The average Bonchev–Trinajstić information content (AvgIpc) is 2.17. The summed E-state index contributed by atoms with van der Waals surface area (Å²) in [6.07, 6.45) is 1.03. The largest absolute Gasteiger partial charge is 0.463 e. The SMILES string of the molecule is CC(=O)OCC1OC(C)CCC1OC(C)=O. The highest BCUT2D eigenvalue weighted by atomic mass is 16.6. The summed E-state index contributed by atoms with van der Waals surface area (Å²) in [4.78, 5) is 21.6. The van der Waals surface area contributed by atoms with Crippen LogP contribution < -0.4 is 0 Å². The molecule has 1 aliphatic rings. The quantitative estimate of drug-likeness (QED) is 0.678. The van der Waals surface area contributed by atoms with Crippen molar-refractivity contribution in [1.82, 2.24) is 0 Å². The molecule has 1 rings (SSSR count). The van der Waals surface area contributed by atoms with E-state index in [0.717, 1.165) is 12.8 Å². The van der Waals surface area contributed by atoms with Crippen LogP contribution in [0.4, 0.5) is 0 Å². The Hall–Kier alpha value is -1.10. The molecule has 0 radical (unpaired) electrons. The van der Waals surface area contributed by atoms with Gasteiger partial charge in [-0.3, -0.25) is 9.59 Å². The fourth-order valence-corrected chi connectivity index (χ4v) is 1.73. The molecule has 3 atom stereocenters. The molecule has 16 heavy (non-hydrogen) atoms. The van der Waals surface area contributed by atoms with Gasteiger partial charge in [-0.1, -0.05) is 0 Å². The molecule has 0 aromatic heterocycles. The Labute approximate surface area is 95.0 Å². The highest BCUT2D eigenvalue weighted by Gasteiger charge is 2.32. The number of hydrogen-bond donors (Lipinski definition) is 0. The first-order valence-corrected chi connectivity index (χ1v) is 5.45. The minimum Gasteiger partial charge on any atom is -0.463 e. The van der Waals surface area contributed by atoms with Crippen molar-refractivity contribution in [3.8, 4) is 0 Å². The zero-order valence-electron chi connectivity index (χ0n) is 9.89. The van der Waals surface area contributed by atoms with E-state index in [1.807, 2.05) is 6.92 Å². The molecule has 1 heterocycles. The zero-order chi connectivity index (χ0) is 12.1. The maximum Gasteiger partial charge on any atom is 0.302 e. The summed E-state index contributed by atoms with van der Waals surface area (Å²) in [5, 5.41) is 0. The van der Waals surface area contributed by atoms with Crippen molar-refractivity contribution in [2.24, 2.45) is 0 Å². The Bertz CT molecular complexity index is 263. The van der Waals surface area contributed by atoms with Crippen molar-refractivity contribution in [3.05, 3.63) is 0 Å². The van der Waals surface area contributed by atoms with Crippen LogP contribution in [0.15, 0.2) is 0 Å². The van der Waals surface area contributed by atoms with Crippen LogP contribution in [0.2, 0.25) is 0 Å². The van der Waals surface area contributed by atoms with Crippen LogP contribution in [-0.2, 0) is 23.8 Å². The summed E-state index contributed by atoms with van der Waals surface area (Å²) >= 11 is 0. The number of hydrogen-bond acceptors (Lipinski definition) is 5. The van der Waals surface area contributed by atoms with Crippen LogP contribution in [0.25, 0.3) is 0 Å². The normalized spacial score (nSPS) is 29.6. The molecule has 5 nitrogen and oxygen atoms in total. The Kier molecular flexibility index (Phi) is 4.73. The lowest BCUT2D eigenvalue weighted by atomic mass is 10.0. The van der Waals surface area contributed by atoms with Crippen LogP contribution in [-0.4, -0.2) is 36.9 Å². The van der Waals surface area contributed by atoms with Gasteiger partial charge in [0.2, 0.25) is 0 Å². The van der Waals surface area contributed by atoms with Crippen molar-refractivity contribution in [2.45, 2.75) is 51.9 Å². The third-order valence-electron chi connectivity index (χ3n) is 2.45. The van der Waals surface area contributed by atoms with Crippen molar-refractivity contribution < 1.29 is 23.8 Å². The molecule has 92 valence electrons. The van der Waals surface area contributed by atoms with Gasteiger partial charge in [-0.15, -0.1) is 0 Å². The fourth-order valence-electron chi connectivity index (χ4n) is 1.73. The van der Waals surface area contributed by atoms with E-state index in [1.54, 1.807) is 0 Å². The predicted molar refractivity (Wildman–Crippen MR) is 55.8 cm³/mol. The topological polar surface area (TPSA) is 61.8 Å². The molecule has 0 aliphatic carbocycles. The molecule has 0 saturated carbocycles. The number of carbonyl (C=O) groups is 2. The highest BCUT2D eigenvalue weighted by molar-refractivity contribution is 5.66. The lowest BCUT2D eigenvalue weighted by molar-refractivity contribution is -0.179. The van der Waals surface area contributed by atoms with Crippen molar-refractivity contribution in [1.29, 1.82) is 0 Å². The van der Waals surface area contributed by atoms with E-state index in [4.69, 9.17) is 14.2 Å². The van der Waals surface area contributed by atoms with Gasteiger partial charge in [0.1, 0.15) is 18.8 Å². The second-order valence-electron chi connectivity index (χ2n) is 4.01. The maximum atomic E-state index is 10.9. The Morgan fingerprint density at radius 3 is 2.50 bits per heavy atom. The summed E-state index contributed by atoms with van der Waals surface area (Å²) in [7, 11) is 0. The van der Waals surface area contributed by atoms with Crippen LogP contribution in [0, 0.1) is 0 Å². The van der Waals surface area contributed by atoms with E-state index < -0.39 is 0 Å². The van der Waals surface area contributed by atoms with Gasteiger partial charge in [0.25, 0.3) is 0 Å². The van der Waals surface area contributed by atoms with E-state index in [2.05, 4.69) is 0 Å². The Balaban J connectivity index is 2.50. The first kappa shape index (κ1) is 13.0. The average molecular weight is 230 g/mol. The summed E-state index contributed by atoms with van der Waals surface area (Å²) < 4.78 is 15.6. The molecule has 5 heteroatoms. The van der Waals surface area contributed by atoms with Gasteiger partial charge in [0.15, 0.2) is 0 Å². The molecule has 1 fully saturated rings. The Morgan fingerprint density at radius 2 is 1.94 bits per heavy atom. The van der Waals surface area contributed by atoms with Gasteiger partial charge in [0, 0.05) is 13.8 Å². The molecular weight excluding hydrogens is 212 g/mol. The van der Waals surface area contributed by atoms with Crippen LogP contribution in [0.3, 0.4) is 0 Å². The second kappa shape index (κ2) is 5.84. The van der Waals surface area contributed by atoms with Crippen LogP contribution in [0.1, 0.15) is 33.6 Å². The second-order valence-corrected chi connectivity index (χ2v) is 4.01. The maximum absolute atomic E-state index is 10.9. The molecule has 0 aromatic rings. The molecule has 0 spiro atoms. The fraction of sp³-hybridized carbons (Fsp3) is 0.818. The summed E-state index contributed by atoms with van der Waals surface area (Å²) in [5.74, 6) is -0.695. The van der Waals surface area contributed by atoms with Gasteiger partial charge in [-0.2, -0.15) is 0 Å². The minimum atomic E-state index is -0.358.